The van der Waals surface area contributed by atoms with E-state index in [1.54, 1.807) is 11.1 Å². The van der Waals surface area contributed by atoms with Gasteiger partial charge in [-0.15, -0.1) is 12.4 Å². The number of rotatable bonds is 6. The van der Waals surface area contributed by atoms with Crippen LogP contribution in [-0.4, -0.2) is 75.2 Å². The second kappa shape index (κ2) is 9.36. The maximum absolute atomic E-state index is 13.2. The Bertz CT molecular complexity index is 1540. The number of hydrogen-bond donors (Lipinski definition) is 1. The molecule has 1 N–H and O–H groups in total. The molecule has 1 saturated heterocycles. The van der Waals surface area contributed by atoms with E-state index in [2.05, 4.69) is 39.5 Å². The molecule has 2 fully saturated rings. The fraction of sp³-hybridized carbons (Fsp3) is 0.444. The normalized spacial score (nSPS) is 18.4. The molecule has 1 saturated carbocycles. The Hall–Kier alpha value is -2.95. The first-order chi connectivity index (χ1) is 17.6. The van der Waals surface area contributed by atoms with Crippen LogP contribution in [0.4, 0.5) is 17.2 Å². The maximum Gasteiger partial charge on any atom is 0.237 e. The highest BCUT2D eigenvalue weighted by atomic mass is 35.5. The topological polar surface area (TPSA) is 98.7 Å². The second-order valence-electron chi connectivity index (χ2n) is 10.7. The minimum absolute atomic E-state index is 0. The van der Waals surface area contributed by atoms with Gasteiger partial charge >= 0.3 is 0 Å². The first-order valence-electron chi connectivity index (χ1n) is 12.8. The number of carbonyl (C=O) groups excluding carboxylic acids is 1. The van der Waals surface area contributed by atoms with Crippen LogP contribution in [0.1, 0.15) is 31.7 Å². The molecule has 1 spiro atoms. The third-order valence-corrected chi connectivity index (χ3v) is 8.98. The highest BCUT2D eigenvalue weighted by molar-refractivity contribution is 7.92. The Balaban J connectivity index is 0.00000294. The molecule has 0 unspecified atom stereocenters. The highest BCUT2D eigenvalue weighted by Gasteiger charge is 2.54. The van der Waals surface area contributed by atoms with Crippen LogP contribution in [0.25, 0.3) is 22.0 Å². The van der Waals surface area contributed by atoms with Gasteiger partial charge in [0, 0.05) is 48.9 Å². The van der Waals surface area contributed by atoms with E-state index < -0.39 is 15.4 Å². The van der Waals surface area contributed by atoms with Crippen LogP contribution in [0, 0.1) is 0 Å². The molecule has 1 amide bonds. The Morgan fingerprint density at radius 2 is 1.87 bits per heavy atom. The van der Waals surface area contributed by atoms with E-state index in [0.29, 0.717) is 17.5 Å². The van der Waals surface area contributed by atoms with Gasteiger partial charge in [0.05, 0.1) is 34.8 Å². The van der Waals surface area contributed by atoms with Crippen molar-refractivity contribution in [1.29, 1.82) is 0 Å². The third-order valence-electron chi connectivity index (χ3n) is 8.39. The number of anilines is 3. The zero-order valence-electron chi connectivity index (χ0n) is 22.1. The molecule has 0 atom stereocenters. The van der Waals surface area contributed by atoms with Crippen LogP contribution in [0.15, 0.2) is 36.7 Å². The van der Waals surface area contributed by atoms with E-state index in [0.717, 1.165) is 78.4 Å². The first kappa shape index (κ1) is 26.6. The summed E-state index contributed by atoms with van der Waals surface area (Å²) in [5, 5.41) is 0.974. The van der Waals surface area contributed by atoms with Gasteiger partial charge in [-0.25, -0.2) is 13.4 Å². The number of amides is 1. The minimum atomic E-state index is -3.50. The van der Waals surface area contributed by atoms with Gasteiger partial charge in [-0.3, -0.25) is 14.5 Å². The van der Waals surface area contributed by atoms with Crippen LogP contribution in [0.3, 0.4) is 0 Å². The Labute approximate surface area is 229 Å². The average molecular weight is 557 g/mol. The molecule has 11 heteroatoms. The van der Waals surface area contributed by atoms with Crippen molar-refractivity contribution in [3.05, 3.63) is 42.2 Å². The highest BCUT2D eigenvalue weighted by Crippen LogP contribution is 2.55. The number of sulfonamides is 1. The van der Waals surface area contributed by atoms with Crippen molar-refractivity contribution in [2.75, 3.05) is 54.5 Å². The quantitative estimate of drug-likeness (QED) is 0.495. The average Bonchev–Trinajstić information content (AvgIpc) is 3.05. The lowest BCUT2D eigenvalue weighted by Crippen LogP contribution is -2.58. The Morgan fingerprint density at radius 3 is 2.50 bits per heavy atom. The first-order valence-corrected chi connectivity index (χ1v) is 14.7. The predicted octanol–water partition coefficient (Wildman–Crippen LogP) is 3.63. The fourth-order valence-corrected chi connectivity index (χ4v) is 6.51. The van der Waals surface area contributed by atoms with Crippen molar-refractivity contribution in [2.45, 2.75) is 37.6 Å². The molecular weight excluding hydrogens is 524 g/mol. The van der Waals surface area contributed by atoms with E-state index in [4.69, 9.17) is 4.98 Å². The zero-order valence-corrected chi connectivity index (χ0v) is 23.7. The summed E-state index contributed by atoms with van der Waals surface area (Å²) in [6.45, 7) is 4.68. The van der Waals surface area contributed by atoms with E-state index in [9.17, 15) is 13.2 Å². The number of pyridine rings is 2. The van der Waals surface area contributed by atoms with Crippen molar-refractivity contribution < 1.29 is 13.2 Å². The third kappa shape index (κ3) is 4.10. The van der Waals surface area contributed by atoms with Gasteiger partial charge in [-0.1, -0.05) is 19.4 Å². The van der Waals surface area contributed by atoms with Crippen LogP contribution in [-0.2, 0) is 20.2 Å². The molecule has 0 radical (unpaired) electrons. The summed E-state index contributed by atoms with van der Waals surface area (Å²) in [6, 6.07) is 8.30. The van der Waals surface area contributed by atoms with Gasteiger partial charge < -0.3 is 14.7 Å². The molecule has 4 heterocycles. The summed E-state index contributed by atoms with van der Waals surface area (Å²) in [4.78, 5) is 28.7. The Kier molecular flexibility index (Phi) is 6.56. The minimum Gasteiger partial charge on any atom is -0.352 e. The number of hydrogen-bond acceptors (Lipinski definition) is 7. The molecule has 38 heavy (non-hydrogen) atoms. The summed E-state index contributed by atoms with van der Waals surface area (Å²) in [5.41, 5.74) is 4.53. The molecular formula is C27H33ClN6O3S. The van der Waals surface area contributed by atoms with Gasteiger partial charge in [-0.2, -0.15) is 0 Å². The summed E-state index contributed by atoms with van der Waals surface area (Å²) in [6.07, 6.45) is 7.52. The molecule has 202 valence electrons. The summed E-state index contributed by atoms with van der Waals surface area (Å²) in [7, 11) is 0.428. The number of nitrogens with one attached hydrogen (secondary N) is 1. The van der Waals surface area contributed by atoms with Gasteiger partial charge in [0.2, 0.25) is 15.9 Å². The van der Waals surface area contributed by atoms with Crippen LogP contribution >= 0.6 is 12.4 Å². The lowest BCUT2D eigenvalue weighted by Gasteiger charge is -2.45. The molecule has 2 aliphatic heterocycles. The number of halogens is 1. The number of nitrogens with zero attached hydrogens (tertiary/aromatic N) is 5. The second-order valence-corrected chi connectivity index (χ2v) is 12.4. The van der Waals surface area contributed by atoms with Crippen LogP contribution in [0.5, 0.6) is 0 Å². The monoisotopic (exact) mass is 556 g/mol. The van der Waals surface area contributed by atoms with Crippen molar-refractivity contribution in [2.24, 2.45) is 0 Å². The van der Waals surface area contributed by atoms with Gasteiger partial charge in [0.15, 0.2) is 5.82 Å². The molecule has 3 aromatic rings. The molecule has 1 aromatic carbocycles. The number of aromatic nitrogens is 2. The van der Waals surface area contributed by atoms with Gasteiger partial charge in [0.1, 0.15) is 0 Å². The summed E-state index contributed by atoms with van der Waals surface area (Å²) in [5.74, 6) is 0.791. The summed E-state index contributed by atoms with van der Waals surface area (Å²) < 4.78 is 27.1. The van der Waals surface area contributed by atoms with Gasteiger partial charge in [-0.05, 0) is 50.2 Å². The zero-order chi connectivity index (χ0) is 26.1. The largest absolute Gasteiger partial charge is 0.352 e. The lowest BCUT2D eigenvalue weighted by atomic mass is 9.64. The smallest absolute Gasteiger partial charge is 0.237 e. The molecule has 0 bridgehead atoms. The number of likely N-dealkylation sites (N-methyl/N-ethyl adjacent to an activating group) is 2. The van der Waals surface area contributed by atoms with Crippen molar-refractivity contribution in [3.63, 3.8) is 0 Å². The van der Waals surface area contributed by atoms with Crippen LogP contribution < -0.4 is 14.5 Å². The van der Waals surface area contributed by atoms with E-state index >= 15 is 0 Å². The van der Waals surface area contributed by atoms with Crippen molar-refractivity contribution in [1.82, 2.24) is 14.9 Å². The van der Waals surface area contributed by atoms with E-state index in [-0.39, 0.29) is 18.3 Å². The fourth-order valence-electron chi connectivity index (χ4n) is 5.96. The standard InChI is InChI=1S/C27H32N6O3S.ClH/c1-5-31(2)19-15-33(16-19)25-22(30-37(4,35)36)12-18(13-29-25)17-7-8-21-20(11-17)24-23(14-28-21)32(3)26(34)27(24)9-6-10-27;/h7-8,11-14,19,30H,5-6,9-10,15-16H2,1-4H3;1H. The number of benzene rings is 1. The SMILES string of the molecule is CCN(C)C1CN(c2ncc(-c3ccc4ncc5c(c4c3)C3(CCC3)C(=O)N5C)cc2NS(C)(=O)=O)C1.Cl. The molecule has 1 aliphatic carbocycles. The van der Waals surface area contributed by atoms with Crippen molar-refractivity contribution >= 4 is 56.4 Å². The van der Waals surface area contributed by atoms with Gasteiger partial charge in [0.25, 0.3) is 0 Å². The molecule has 2 aromatic heterocycles. The number of fused-ring (bicyclic) bond motifs is 4. The maximum atomic E-state index is 13.2. The predicted molar refractivity (Wildman–Crippen MR) is 154 cm³/mol. The molecule has 6 rings (SSSR count). The van der Waals surface area contributed by atoms with Crippen LogP contribution in [0.2, 0.25) is 0 Å². The molecule has 9 nitrogen and oxygen atoms in total. The van der Waals surface area contributed by atoms with Crippen molar-refractivity contribution in [3.8, 4) is 11.1 Å². The van der Waals surface area contributed by atoms with E-state index in [1.807, 2.05) is 31.4 Å². The van der Waals surface area contributed by atoms with E-state index in [1.165, 1.54) is 0 Å². The number of carbonyl (C=O) groups is 1. The Morgan fingerprint density at radius 1 is 1.13 bits per heavy atom. The summed E-state index contributed by atoms with van der Waals surface area (Å²) >= 11 is 0. The molecule has 3 aliphatic rings. The lowest BCUT2D eigenvalue weighted by molar-refractivity contribution is -0.125.